The van der Waals surface area contributed by atoms with Gasteiger partial charge in [0.25, 0.3) is 5.91 Å². The van der Waals surface area contributed by atoms with Gasteiger partial charge in [0, 0.05) is 24.9 Å². The standard InChI is InChI=1S/C16H22N2O2/c1-20-15-6-2-5-14(15)18-16(19)12-7-8-13-11(10-12)4-3-9-17-13/h7-8,10,14-15,17H,2-6,9H2,1H3,(H,18,19). The van der Waals surface area contributed by atoms with Crippen molar-refractivity contribution in [3.8, 4) is 0 Å². The Morgan fingerprint density at radius 1 is 1.35 bits per heavy atom. The highest BCUT2D eigenvalue weighted by atomic mass is 16.5. The normalized spacial score (nSPS) is 24.9. The molecule has 2 atom stereocenters. The molecule has 2 N–H and O–H groups in total. The minimum Gasteiger partial charge on any atom is -0.385 e. The molecule has 0 saturated heterocycles. The summed E-state index contributed by atoms with van der Waals surface area (Å²) in [4.78, 5) is 12.4. The van der Waals surface area contributed by atoms with Gasteiger partial charge < -0.3 is 15.4 Å². The van der Waals surface area contributed by atoms with Crippen LogP contribution in [0.25, 0.3) is 0 Å². The van der Waals surface area contributed by atoms with Gasteiger partial charge in [-0.3, -0.25) is 4.79 Å². The molecule has 1 heterocycles. The summed E-state index contributed by atoms with van der Waals surface area (Å²) in [5.41, 5.74) is 3.18. The van der Waals surface area contributed by atoms with Crippen LogP contribution in [0.5, 0.6) is 0 Å². The van der Waals surface area contributed by atoms with Crippen LogP contribution in [0.15, 0.2) is 18.2 Å². The Hall–Kier alpha value is -1.55. The Balaban J connectivity index is 1.71. The molecule has 4 nitrogen and oxygen atoms in total. The fraction of sp³-hybridized carbons (Fsp3) is 0.562. The van der Waals surface area contributed by atoms with E-state index in [1.165, 1.54) is 11.3 Å². The summed E-state index contributed by atoms with van der Waals surface area (Å²) in [6.45, 7) is 1.02. The Kier molecular flexibility index (Phi) is 3.92. The molecule has 108 valence electrons. The largest absolute Gasteiger partial charge is 0.385 e. The van der Waals surface area contributed by atoms with Crippen LogP contribution in [0.3, 0.4) is 0 Å². The number of amides is 1. The number of ether oxygens (including phenoxy) is 1. The third-order valence-electron chi connectivity index (χ3n) is 4.38. The average Bonchev–Trinajstić information content (AvgIpc) is 2.94. The van der Waals surface area contributed by atoms with E-state index in [4.69, 9.17) is 4.74 Å². The van der Waals surface area contributed by atoms with Crippen molar-refractivity contribution in [2.45, 2.75) is 44.2 Å². The maximum atomic E-state index is 12.4. The molecule has 20 heavy (non-hydrogen) atoms. The first-order chi connectivity index (χ1) is 9.78. The van der Waals surface area contributed by atoms with E-state index in [0.29, 0.717) is 0 Å². The number of methoxy groups -OCH3 is 1. The molecular weight excluding hydrogens is 252 g/mol. The molecular formula is C16H22N2O2. The van der Waals surface area contributed by atoms with Crippen molar-refractivity contribution in [1.82, 2.24) is 5.32 Å². The number of fused-ring (bicyclic) bond motifs is 1. The van der Waals surface area contributed by atoms with Gasteiger partial charge in [-0.25, -0.2) is 0 Å². The number of carbonyl (C=O) groups excluding carboxylic acids is 1. The molecule has 1 aliphatic heterocycles. The molecule has 2 unspecified atom stereocenters. The van der Waals surface area contributed by atoms with E-state index < -0.39 is 0 Å². The molecule has 1 amide bonds. The summed E-state index contributed by atoms with van der Waals surface area (Å²) >= 11 is 0. The third kappa shape index (κ3) is 2.66. The highest BCUT2D eigenvalue weighted by molar-refractivity contribution is 5.95. The van der Waals surface area contributed by atoms with Gasteiger partial charge in [0.05, 0.1) is 12.1 Å². The fourth-order valence-electron chi connectivity index (χ4n) is 3.24. The molecule has 0 aromatic heterocycles. The number of benzene rings is 1. The van der Waals surface area contributed by atoms with Crippen LogP contribution in [-0.4, -0.2) is 31.7 Å². The van der Waals surface area contributed by atoms with Crippen LogP contribution >= 0.6 is 0 Å². The predicted octanol–water partition coefficient (Wildman–Crippen LogP) is 2.34. The SMILES string of the molecule is COC1CCCC1NC(=O)c1ccc2c(c1)CCCN2. The smallest absolute Gasteiger partial charge is 0.251 e. The van der Waals surface area contributed by atoms with E-state index in [2.05, 4.69) is 10.6 Å². The lowest BCUT2D eigenvalue weighted by molar-refractivity contribution is 0.0722. The van der Waals surface area contributed by atoms with Gasteiger partial charge in [-0.2, -0.15) is 0 Å². The van der Waals surface area contributed by atoms with E-state index in [-0.39, 0.29) is 18.1 Å². The quantitative estimate of drug-likeness (QED) is 0.889. The zero-order valence-corrected chi connectivity index (χ0v) is 11.9. The molecule has 1 fully saturated rings. The van der Waals surface area contributed by atoms with Crippen molar-refractivity contribution in [1.29, 1.82) is 0 Å². The summed E-state index contributed by atoms with van der Waals surface area (Å²) in [5, 5.41) is 6.48. The van der Waals surface area contributed by atoms with Crippen molar-refractivity contribution in [3.05, 3.63) is 29.3 Å². The van der Waals surface area contributed by atoms with Crippen LogP contribution < -0.4 is 10.6 Å². The second-order valence-electron chi connectivity index (χ2n) is 5.69. The van der Waals surface area contributed by atoms with Gasteiger partial charge >= 0.3 is 0 Å². The maximum absolute atomic E-state index is 12.4. The summed E-state index contributed by atoms with van der Waals surface area (Å²) in [6.07, 6.45) is 5.52. The number of rotatable bonds is 3. The zero-order valence-electron chi connectivity index (χ0n) is 11.9. The number of carbonyl (C=O) groups is 1. The van der Waals surface area contributed by atoms with Crippen LogP contribution in [-0.2, 0) is 11.2 Å². The van der Waals surface area contributed by atoms with E-state index in [1.54, 1.807) is 7.11 Å². The molecule has 0 bridgehead atoms. The van der Waals surface area contributed by atoms with Gasteiger partial charge in [0.1, 0.15) is 0 Å². The molecule has 1 aromatic rings. The van der Waals surface area contributed by atoms with Gasteiger partial charge in [0.2, 0.25) is 0 Å². The fourth-order valence-corrected chi connectivity index (χ4v) is 3.24. The first kappa shape index (κ1) is 13.4. The van der Waals surface area contributed by atoms with E-state index in [9.17, 15) is 4.79 Å². The van der Waals surface area contributed by atoms with Crippen molar-refractivity contribution >= 4 is 11.6 Å². The van der Waals surface area contributed by atoms with E-state index in [0.717, 1.165) is 44.2 Å². The van der Waals surface area contributed by atoms with E-state index in [1.807, 2.05) is 18.2 Å². The Morgan fingerprint density at radius 2 is 2.25 bits per heavy atom. The lowest BCUT2D eigenvalue weighted by atomic mass is 10.0. The number of aryl methyl sites for hydroxylation is 1. The second kappa shape index (κ2) is 5.83. The Labute approximate surface area is 119 Å². The topological polar surface area (TPSA) is 50.4 Å². The van der Waals surface area contributed by atoms with Crippen molar-refractivity contribution < 1.29 is 9.53 Å². The van der Waals surface area contributed by atoms with Crippen LogP contribution in [0.4, 0.5) is 5.69 Å². The van der Waals surface area contributed by atoms with Gasteiger partial charge in [-0.1, -0.05) is 0 Å². The molecule has 1 aliphatic carbocycles. The number of hydrogen-bond acceptors (Lipinski definition) is 3. The van der Waals surface area contributed by atoms with Crippen LogP contribution in [0.1, 0.15) is 41.6 Å². The van der Waals surface area contributed by atoms with E-state index >= 15 is 0 Å². The van der Waals surface area contributed by atoms with Gasteiger partial charge in [-0.05, 0) is 55.9 Å². The molecule has 0 radical (unpaired) electrons. The molecule has 3 rings (SSSR count). The third-order valence-corrected chi connectivity index (χ3v) is 4.38. The van der Waals surface area contributed by atoms with Crippen molar-refractivity contribution in [2.24, 2.45) is 0 Å². The number of hydrogen-bond donors (Lipinski definition) is 2. The number of anilines is 1. The van der Waals surface area contributed by atoms with Crippen LogP contribution in [0, 0.1) is 0 Å². The monoisotopic (exact) mass is 274 g/mol. The lowest BCUT2D eigenvalue weighted by Gasteiger charge is -2.21. The molecule has 1 saturated carbocycles. The van der Waals surface area contributed by atoms with Gasteiger partial charge in [-0.15, -0.1) is 0 Å². The minimum absolute atomic E-state index is 0.0207. The minimum atomic E-state index is 0.0207. The van der Waals surface area contributed by atoms with Gasteiger partial charge in [0.15, 0.2) is 0 Å². The first-order valence-corrected chi connectivity index (χ1v) is 7.48. The van der Waals surface area contributed by atoms with Crippen LogP contribution in [0.2, 0.25) is 0 Å². The highest BCUT2D eigenvalue weighted by Crippen LogP contribution is 2.24. The summed E-state index contributed by atoms with van der Waals surface area (Å²) < 4.78 is 5.43. The molecule has 2 aliphatic rings. The van der Waals surface area contributed by atoms with Crippen molar-refractivity contribution in [3.63, 3.8) is 0 Å². The molecule has 0 spiro atoms. The first-order valence-electron chi connectivity index (χ1n) is 7.48. The summed E-state index contributed by atoms with van der Waals surface area (Å²) in [7, 11) is 1.72. The summed E-state index contributed by atoms with van der Waals surface area (Å²) in [5.74, 6) is 0.0207. The second-order valence-corrected chi connectivity index (χ2v) is 5.69. The Morgan fingerprint density at radius 3 is 3.10 bits per heavy atom. The number of nitrogens with one attached hydrogen (secondary N) is 2. The lowest BCUT2D eigenvalue weighted by Crippen LogP contribution is -2.40. The molecule has 1 aromatic carbocycles. The highest BCUT2D eigenvalue weighted by Gasteiger charge is 2.28. The Bertz CT molecular complexity index is 501. The maximum Gasteiger partial charge on any atom is 0.251 e. The molecule has 4 heteroatoms. The summed E-state index contributed by atoms with van der Waals surface area (Å²) in [6, 6.07) is 6.10. The zero-order chi connectivity index (χ0) is 13.9. The predicted molar refractivity (Wildman–Crippen MR) is 79.2 cm³/mol. The average molecular weight is 274 g/mol. The van der Waals surface area contributed by atoms with Crippen molar-refractivity contribution in [2.75, 3.05) is 19.0 Å².